The quantitative estimate of drug-likeness (QED) is 0.831. The molecule has 1 atom stereocenters. The number of nitrogens with zero attached hydrogens (tertiary/aromatic N) is 3. The molecule has 7 nitrogen and oxygen atoms in total. The molecule has 2 rings (SSSR count). The Morgan fingerprint density at radius 2 is 1.92 bits per heavy atom. The first-order valence-electron chi connectivity index (χ1n) is 8.34. The summed E-state index contributed by atoms with van der Waals surface area (Å²) in [4.78, 5) is 32.8. The van der Waals surface area contributed by atoms with Crippen LogP contribution < -0.4 is 10.6 Å². The van der Waals surface area contributed by atoms with Gasteiger partial charge in [0.2, 0.25) is 5.91 Å². The molecule has 3 amide bonds. The fourth-order valence-electron chi connectivity index (χ4n) is 2.70. The van der Waals surface area contributed by atoms with Crippen LogP contribution in [0.15, 0.2) is 5.38 Å². The smallest absolute Gasteiger partial charge is 0.321 e. The monoisotopic (exact) mass is 353 g/mol. The Morgan fingerprint density at radius 1 is 1.25 bits per heavy atom. The summed E-state index contributed by atoms with van der Waals surface area (Å²) in [6, 6.07) is -0.739. The first-order chi connectivity index (χ1) is 11.3. The predicted octanol–water partition coefficient (Wildman–Crippen LogP) is 1.19. The number of aromatic nitrogens is 1. The van der Waals surface area contributed by atoms with Crippen LogP contribution in [-0.4, -0.2) is 65.0 Å². The Balaban J connectivity index is 1.76. The van der Waals surface area contributed by atoms with E-state index in [0.717, 1.165) is 43.4 Å². The highest BCUT2D eigenvalue weighted by Crippen LogP contribution is 2.13. The molecule has 0 spiro atoms. The van der Waals surface area contributed by atoms with Gasteiger partial charge < -0.3 is 5.32 Å². The average Bonchev–Trinajstić information content (AvgIpc) is 2.91. The number of hydrogen-bond donors (Lipinski definition) is 2. The van der Waals surface area contributed by atoms with E-state index in [0.29, 0.717) is 0 Å². The fraction of sp³-hybridized carbons (Fsp3) is 0.688. The van der Waals surface area contributed by atoms with Crippen LogP contribution in [0.3, 0.4) is 0 Å². The van der Waals surface area contributed by atoms with Gasteiger partial charge in [-0.2, -0.15) is 0 Å². The zero-order valence-electron chi connectivity index (χ0n) is 14.8. The van der Waals surface area contributed by atoms with Crippen LogP contribution in [0, 0.1) is 6.92 Å². The second-order valence-corrected chi connectivity index (χ2v) is 7.53. The van der Waals surface area contributed by atoms with Crippen molar-refractivity contribution in [3.63, 3.8) is 0 Å². The Labute approximate surface area is 147 Å². The molecule has 0 aromatic carbocycles. The lowest BCUT2D eigenvalue weighted by atomic mass is 10.2. The Kier molecular flexibility index (Phi) is 6.70. The standard InChI is InChI=1S/C16H27N5O2S/c1-11(2)17-16(23)19-15(22)12(3)21-7-5-20(6-8-21)9-14-10-24-13(4)18-14/h10-12H,5-9H2,1-4H3,(H2,17,19,22,23)/t12-/m1/s1. The maximum atomic E-state index is 12.2. The topological polar surface area (TPSA) is 77.6 Å². The van der Waals surface area contributed by atoms with Gasteiger partial charge in [-0.1, -0.05) is 0 Å². The fourth-order valence-corrected chi connectivity index (χ4v) is 3.30. The van der Waals surface area contributed by atoms with E-state index in [1.807, 2.05) is 27.7 Å². The van der Waals surface area contributed by atoms with Crippen LogP contribution >= 0.6 is 11.3 Å². The molecular formula is C16H27N5O2S. The number of rotatable bonds is 5. The Hall–Kier alpha value is -1.51. The third-order valence-corrected chi connectivity index (χ3v) is 4.87. The zero-order chi connectivity index (χ0) is 17.7. The molecule has 0 bridgehead atoms. The summed E-state index contributed by atoms with van der Waals surface area (Å²) in [7, 11) is 0. The van der Waals surface area contributed by atoms with E-state index in [4.69, 9.17) is 0 Å². The zero-order valence-corrected chi connectivity index (χ0v) is 15.7. The van der Waals surface area contributed by atoms with Crippen LogP contribution in [0.4, 0.5) is 4.79 Å². The largest absolute Gasteiger partial charge is 0.336 e. The Morgan fingerprint density at radius 3 is 2.46 bits per heavy atom. The van der Waals surface area contributed by atoms with Gasteiger partial charge >= 0.3 is 6.03 Å². The minimum absolute atomic E-state index is 0.00556. The Bertz CT molecular complexity index is 567. The van der Waals surface area contributed by atoms with Gasteiger partial charge in [0.25, 0.3) is 0 Å². The van der Waals surface area contributed by atoms with Gasteiger partial charge in [0, 0.05) is 44.1 Å². The number of thiazole rings is 1. The van der Waals surface area contributed by atoms with Gasteiger partial charge in [0.1, 0.15) is 0 Å². The summed E-state index contributed by atoms with van der Waals surface area (Å²) in [6.45, 7) is 11.8. The van der Waals surface area contributed by atoms with Gasteiger partial charge in [-0.05, 0) is 27.7 Å². The highest BCUT2D eigenvalue weighted by Gasteiger charge is 2.26. The summed E-state index contributed by atoms with van der Waals surface area (Å²) >= 11 is 1.67. The van der Waals surface area contributed by atoms with Gasteiger partial charge in [-0.15, -0.1) is 11.3 Å². The van der Waals surface area contributed by atoms with Crippen molar-refractivity contribution in [1.82, 2.24) is 25.4 Å². The number of carbonyl (C=O) groups excluding carboxylic acids is 2. The van der Waals surface area contributed by atoms with Crippen molar-refractivity contribution < 1.29 is 9.59 Å². The van der Waals surface area contributed by atoms with Crippen LogP contribution in [-0.2, 0) is 11.3 Å². The molecule has 0 saturated carbocycles. The van der Waals surface area contributed by atoms with Crippen molar-refractivity contribution in [2.75, 3.05) is 26.2 Å². The van der Waals surface area contributed by atoms with Crippen molar-refractivity contribution >= 4 is 23.3 Å². The van der Waals surface area contributed by atoms with E-state index in [1.165, 1.54) is 0 Å². The number of nitrogens with one attached hydrogen (secondary N) is 2. The first-order valence-corrected chi connectivity index (χ1v) is 9.22. The number of aryl methyl sites for hydroxylation is 1. The number of imide groups is 1. The maximum Gasteiger partial charge on any atom is 0.321 e. The summed E-state index contributed by atoms with van der Waals surface area (Å²) in [5.41, 5.74) is 1.11. The highest BCUT2D eigenvalue weighted by molar-refractivity contribution is 7.09. The summed E-state index contributed by atoms with van der Waals surface area (Å²) < 4.78 is 0. The normalized spacial score (nSPS) is 17.7. The van der Waals surface area contributed by atoms with Crippen molar-refractivity contribution in [3.05, 3.63) is 16.1 Å². The molecule has 1 aromatic rings. The van der Waals surface area contributed by atoms with Crippen molar-refractivity contribution in [2.45, 2.75) is 46.3 Å². The number of amides is 3. The number of urea groups is 1. The molecule has 1 aliphatic rings. The van der Waals surface area contributed by atoms with E-state index in [1.54, 1.807) is 11.3 Å². The highest BCUT2D eigenvalue weighted by atomic mass is 32.1. The first kappa shape index (κ1) is 18.8. The predicted molar refractivity (Wildman–Crippen MR) is 95.0 cm³/mol. The van der Waals surface area contributed by atoms with Crippen LogP contribution in [0.2, 0.25) is 0 Å². The van der Waals surface area contributed by atoms with Gasteiger partial charge in [0.05, 0.1) is 16.7 Å². The van der Waals surface area contributed by atoms with Gasteiger partial charge in [-0.25, -0.2) is 9.78 Å². The molecule has 0 unspecified atom stereocenters. The van der Waals surface area contributed by atoms with Crippen molar-refractivity contribution in [3.8, 4) is 0 Å². The molecule has 0 aliphatic carbocycles. The molecule has 8 heteroatoms. The van der Waals surface area contributed by atoms with Gasteiger partial charge in [0.15, 0.2) is 0 Å². The van der Waals surface area contributed by atoms with E-state index in [9.17, 15) is 9.59 Å². The van der Waals surface area contributed by atoms with E-state index < -0.39 is 6.03 Å². The second-order valence-electron chi connectivity index (χ2n) is 6.46. The SMILES string of the molecule is Cc1nc(CN2CCN([C@H](C)C(=O)NC(=O)NC(C)C)CC2)cs1. The molecule has 0 radical (unpaired) electrons. The van der Waals surface area contributed by atoms with E-state index in [-0.39, 0.29) is 18.0 Å². The lowest BCUT2D eigenvalue weighted by Gasteiger charge is -2.37. The third kappa shape index (κ3) is 5.54. The molecule has 2 heterocycles. The second kappa shape index (κ2) is 8.55. The molecular weight excluding hydrogens is 326 g/mol. The summed E-state index contributed by atoms with van der Waals surface area (Å²) in [6.07, 6.45) is 0. The van der Waals surface area contributed by atoms with Crippen LogP contribution in [0.1, 0.15) is 31.5 Å². The third-order valence-electron chi connectivity index (χ3n) is 4.04. The van der Waals surface area contributed by atoms with Crippen LogP contribution in [0.5, 0.6) is 0 Å². The lowest BCUT2D eigenvalue weighted by molar-refractivity contribution is -0.125. The lowest BCUT2D eigenvalue weighted by Crippen LogP contribution is -2.55. The summed E-state index contributed by atoms with van der Waals surface area (Å²) in [5, 5.41) is 8.27. The molecule has 1 aromatic heterocycles. The molecule has 1 saturated heterocycles. The van der Waals surface area contributed by atoms with E-state index in [2.05, 4.69) is 30.8 Å². The minimum atomic E-state index is -0.431. The number of carbonyl (C=O) groups is 2. The number of hydrogen-bond acceptors (Lipinski definition) is 6. The van der Waals surface area contributed by atoms with Gasteiger partial charge in [-0.3, -0.25) is 19.9 Å². The van der Waals surface area contributed by atoms with Crippen LogP contribution in [0.25, 0.3) is 0 Å². The molecule has 24 heavy (non-hydrogen) atoms. The molecule has 134 valence electrons. The van der Waals surface area contributed by atoms with E-state index >= 15 is 0 Å². The summed E-state index contributed by atoms with van der Waals surface area (Å²) in [5.74, 6) is -0.253. The minimum Gasteiger partial charge on any atom is -0.336 e. The van der Waals surface area contributed by atoms with Crippen molar-refractivity contribution in [1.29, 1.82) is 0 Å². The molecule has 1 aliphatic heterocycles. The molecule has 2 N–H and O–H groups in total. The molecule has 1 fully saturated rings. The average molecular weight is 353 g/mol. The number of piperazine rings is 1. The maximum absolute atomic E-state index is 12.2. The van der Waals surface area contributed by atoms with Crippen molar-refractivity contribution in [2.24, 2.45) is 0 Å².